The minimum absolute atomic E-state index is 0.175. The van der Waals surface area contributed by atoms with Crippen LogP contribution in [0.2, 0.25) is 0 Å². The standard InChI is InChI=1S/C20H19N3O5/c1-11-8-15(22-28-11)23-10-20-7-6-14(27-20)16(17(20)19(23)25)18(24)21-12-4-3-5-13(9-12)26-2/h3-9,14,16-17H,10H2,1-2H3,(H,21,24)/t14-,16-,17-,20+/m1/s1. The molecule has 1 spiro atoms. The van der Waals surface area contributed by atoms with E-state index >= 15 is 0 Å². The Morgan fingerprint density at radius 1 is 1.39 bits per heavy atom. The normalized spacial score (nSPS) is 30.0. The van der Waals surface area contributed by atoms with Crippen LogP contribution in [-0.2, 0) is 14.3 Å². The molecule has 1 aromatic carbocycles. The highest BCUT2D eigenvalue weighted by molar-refractivity contribution is 6.05. The molecule has 2 amide bonds. The van der Waals surface area contributed by atoms with Crippen molar-refractivity contribution in [3.05, 3.63) is 48.2 Å². The Morgan fingerprint density at radius 3 is 3.00 bits per heavy atom. The van der Waals surface area contributed by atoms with E-state index in [1.54, 1.807) is 49.3 Å². The number of ether oxygens (including phenoxy) is 2. The number of anilines is 2. The summed E-state index contributed by atoms with van der Waals surface area (Å²) in [7, 11) is 1.57. The molecule has 0 unspecified atom stereocenters. The number of aryl methyl sites for hydroxylation is 1. The Bertz CT molecular complexity index is 999. The number of methoxy groups -OCH3 is 1. The average molecular weight is 381 g/mol. The Labute approximate surface area is 161 Å². The maximum atomic E-state index is 13.2. The second kappa shape index (κ2) is 5.93. The lowest BCUT2D eigenvalue weighted by Gasteiger charge is -2.23. The molecule has 0 saturated carbocycles. The molecule has 8 heteroatoms. The van der Waals surface area contributed by atoms with Gasteiger partial charge in [0.25, 0.3) is 0 Å². The van der Waals surface area contributed by atoms with Crippen LogP contribution < -0.4 is 15.0 Å². The molecule has 1 N–H and O–H groups in total. The van der Waals surface area contributed by atoms with Crippen LogP contribution in [0.5, 0.6) is 5.75 Å². The molecule has 1 aromatic heterocycles. The first-order valence-corrected chi connectivity index (χ1v) is 9.07. The predicted octanol–water partition coefficient (Wildman–Crippen LogP) is 1.92. The molecule has 4 atom stereocenters. The quantitative estimate of drug-likeness (QED) is 0.814. The average Bonchev–Trinajstić information content (AvgIpc) is 3.43. The third-order valence-electron chi connectivity index (χ3n) is 5.63. The van der Waals surface area contributed by atoms with Gasteiger partial charge in [0, 0.05) is 17.8 Å². The van der Waals surface area contributed by atoms with Gasteiger partial charge in [-0.15, -0.1) is 0 Å². The number of carbonyl (C=O) groups excluding carboxylic acids is 2. The van der Waals surface area contributed by atoms with E-state index in [0.717, 1.165) is 0 Å². The summed E-state index contributed by atoms with van der Waals surface area (Å²) in [4.78, 5) is 27.8. The molecule has 0 aliphatic carbocycles. The van der Waals surface area contributed by atoms with Crippen molar-refractivity contribution in [2.24, 2.45) is 11.8 Å². The van der Waals surface area contributed by atoms with Crippen molar-refractivity contribution >= 4 is 23.3 Å². The van der Waals surface area contributed by atoms with Gasteiger partial charge in [0.15, 0.2) is 5.82 Å². The van der Waals surface area contributed by atoms with Crippen LogP contribution in [0.4, 0.5) is 11.5 Å². The molecular formula is C20H19N3O5. The van der Waals surface area contributed by atoms with Crippen molar-refractivity contribution in [3.63, 3.8) is 0 Å². The van der Waals surface area contributed by atoms with Gasteiger partial charge in [-0.05, 0) is 19.1 Å². The topological polar surface area (TPSA) is 93.9 Å². The van der Waals surface area contributed by atoms with Crippen molar-refractivity contribution < 1.29 is 23.6 Å². The molecule has 0 radical (unpaired) electrons. The first kappa shape index (κ1) is 17.0. The number of nitrogens with one attached hydrogen (secondary N) is 1. The van der Waals surface area contributed by atoms with Crippen LogP contribution in [0.1, 0.15) is 5.76 Å². The Balaban J connectivity index is 1.42. The Kier molecular flexibility index (Phi) is 3.60. The summed E-state index contributed by atoms with van der Waals surface area (Å²) < 4.78 is 16.4. The Morgan fingerprint density at radius 2 is 2.25 bits per heavy atom. The van der Waals surface area contributed by atoms with Crippen LogP contribution in [0.3, 0.4) is 0 Å². The molecule has 5 rings (SSSR count). The highest BCUT2D eigenvalue weighted by Gasteiger charge is 2.67. The van der Waals surface area contributed by atoms with E-state index in [2.05, 4.69) is 10.5 Å². The van der Waals surface area contributed by atoms with Crippen molar-refractivity contribution in [1.29, 1.82) is 0 Å². The van der Waals surface area contributed by atoms with Gasteiger partial charge < -0.3 is 19.3 Å². The van der Waals surface area contributed by atoms with Gasteiger partial charge in [-0.1, -0.05) is 23.4 Å². The first-order valence-electron chi connectivity index (χ1n) is 9.07. The largest absolute Gasteiger partial charge is 0.497 e. The molecule has 28 heavy (non-hydrogen) atoms. The van der Waals surface area contributed by atoms with E-state index in [1.807, 2.05) is 12.2 Å². The van der Waals surface area contributed by atoms with Gasteiger partial charge in [-0.3, -0.25) is 14.5 Å². The lowest BCUT2D eigenvalue weighted by atomic mass is 9.77. The van der Waals surface area contributed by atoms with Gasteiger partial charge >= 0.3 is 0 Å². The highest BCUT2D eigenvalue weighted by Crippen LogP contribution is 2.52. The molecule has 2 bridgehead atoms. The second-order valence-corrected chi connectivity index (χ2v) is 7.34. The molecule has 2 saturated heterocycles. The monoisotopic (exact) mass is 381 g/mol. The fraction of sp³-hybridized carbons (Fsp3) is 0.350. The SMILES string of the molecule is COc1cccc(NC(=O)[C@@H]2[C@H]3C=C[C@@]4(CN(c5cc(C)on5)C(=O)[C@@H]24)O3)c1. The van der Waals surface area contributed by atoms with E-state index < -0.39 is 23.5 Å². The summed E-state index contributed by atoms with van der Waals surface area (Å²) in [6, 6.07) is 8.81. The van der Waals surface area contributed by atoms with E-state index in [0.29, 0.717) is 29.6 Å². The van der Waals surface area contributed by atoms with E-state index in [9.17, 15) is 9.59 Å². The minimum Gasteiger partial charge on any atom is -0.497 e. The molecule has 8 nitrogen and oxygen atoms in total. The molecule has 2 aromatic rings. The van der Waals surface area contributed by atoms with Gasteiger partial charge in [0.05, 0.1) is 31.6 Å². The zero-order chi connectivity index (χ0) is 19.5. The third kappa shape index (κ3) is 2.37. The summed E-state index contributed by atoms with van der Waals surface area (Å²) in [6.45, 7) is 2.08. The second-order valence-electron chi connectivity index (χ2n) is 7.34. The van der Waals surface area contributed by atoms with E-state index in [-0.39, 0.29) is 11.8 Å². The van der Waals surface area contributed by atoms with Crippen LogP contribution in [0, 0.1) is 18.8 Å². The van der Waals surface area contributed by atoms with Gasteiger partial charge in [0.2, 0.25) is 11.8 Å². The minimum atomic E-state index is -0.801. The smallest absolute Gasteiger partial charge is 0.235 e. The number of hydrogen-bond donors (Lipinski definition) is 1. The zero-order valence-electron chi connectivity index (χ0n) is 15.4. The van der Waals surface area contributed by atoms with Crippen LogP contribution in [-0.4, -0.2) is 42.3 Å². The molecule has 3 aliphatic rings. The summed E-state index contributed by atoms with van der Waals surface area (Å²) in [6.07, 6.45) is 3.36. The summed E-state index contributed by atoms with van der Waals surface area (Å²) in [5.74, 6) is 0.0748. The maximum Gasteiger partial charge on any atom is 0.235 e. The van der Waals surface area contributed by atoms with Crippen molar-refractivity contribution in [3.8, 4) is 5.75 Å². The van der Waals surface area contributed by atoms with Crippen LogP contribution in [0.25, 0.3) is 0 Å². The fourth-order valence-corrected chi connectivity index (χ4v) is 4.40. The van der Waals surface area contributed by atoms with Crippen LogP contribution in [0.15, 0.2) is 47.0 Å². The van der Waals surface area contributed by atoms with Crippen molar-refractivity contribution in [2.45, 2.75) is 18.6 Å². The fourth-order valence-electron chi connectivity index (χ4n) is 4.40. The van der Waals surface area contributed by atoms with Crippen LogP contribution >= 0.6 is 0 Å². The number of rotatable bonds is 4. The Hall–Kier alpha value is -3.13. The summed E-state index contributed by atoms with van der Waals surface area (Å²) >= 11 is 0. The molecule has 4 heterocycles. The number of carbonyl (C=O) groups is 2. The number of hydrogen-bond acceptors (Lipinski definition) is 6. The lowest BCUT2D eigenvalue weighted by molar-refractivity contribution is -0.128. The summed E-state index contributed by atoms with van der Waals surface area (Å²) in [5.41, 5.74) is -0.190. The van der Waals surface area contributed by atoms with Gasteiger partial charge in [-0.25, -0.2) is 0 Å². The number of nitrogens with zero attached hydrogens (tertiary/aromatic N) is 2. The predicted molar refractivity (Wildman–Crippen MR) is 98.9 cm³/mol. The van der Waals surface area contributed by atoms with E-state index in [1.165, 1.54) is 0 Å². The lowest BCUT2D eigenvalue weighted by Crippen LogP contribution is -2.41. The van der Waals surface area contributed by atoms with Crippen molar-refractivity contribution in [2.75, 3.05) is 23.9 Å². The highest BCUT2D eigenvalue weighted by atomic mass is 16.5. The number of aromatic nitrogens is 1. The maximum absolute atomic E-state index is 13.2. The molecule has 144 valence electrons. The molecule has 2 fully saturated rings. The van der Waals surface area contributed by atoms with Gasteiger partial charge in [-0.2, -0.15) is 0 Å². The molecule has 3 aliphatic heterocycles. The van der Waals surface area contributed by atoms with Crippen molar-refractivity contribution in [1.82, 2.24) is 5.16 Å². The number of fused-ring (bicyclic) bond motifs is 1. The molecular weight excluding hydrogens is 362 g/mol. The van der Waals surface area contributed by atoms with E-state index in [4.69, 9.17) is 14.0 Å². The third-order valence-corrected chi connectivity index (χ3v) is 5.63. The van der Waals surface area contributed by atoms with Gasteiger partial charge in [0.1, 0.15) is 17.1 Å². The number of benzene rings is 1. The zero-order valence-corrected chi connectivity index (χ0v) is 15.4. The first-order chi connectivity index (χ1) is 13.5. The number of amides is 2. The summed E-state index contributed by atoms with van der Waals surface area (Å²) in [5, 5.41) is 6.84.